The number of aromatic hydroxyl groups is 1. The van der Waals surface area contributed by atoms with E-state index in [1.165, 1.54) is 0 Å². The van der Waals surface area contributed by atoms with Crippen LogP contribution in [0.3, 0.4) is 0 Å². The lowest BCUT2D eigenvalue weighted by Crippen LogP contribution is -2.24. The van der Waals surface area contributed by atoms with Crippen molar-refractivity contribution in [2.45, 2.75) is 6.42 Å². The average Bonchev–Trinajstić information content (AvgIpc) is 2.15. The van der Waals surface area contributed by atoms with E-state index in [4.69, 9.17) is 5.73 Å². The van der Waals surface area contributed by atoms with E-state index in [1.54, 1.807) is 18.3 Å². The lowest BCUT2D eigenvalue weighted by Gasteiger charge is -1.99. The Hall–Kier alpha value is -1.62. The van der Waals surface area contributed by atoms with Crippen molar-refractivity contribution in [3.63, 3.8) is 0 Å². The largest absolute Gasteiger partial charge is 0.508 e. The van der Waals surface area contributed by atoms with Gasteiger partial charge in [-0.2, -0.15) is 5.10 Å². The van der Waals surface area contributed by atoms with Gasteiger partial charge >= 0.3 is 0 Å². The molecule has 1 aromatic carbocycles. The highest BCUT2D eigenvalue weighted by atomic mass is 32.1. The second-order valence-corrected chi connectivity index (χ2v) is 3.06. The van der Waals surface area contributed by atoms with Crippen molar-refractivity contribution in [3.05, 3.63) is 29.8 Å². The summed E-state index contributed by atoms with van der Waals surface area (Å²) in [6, 6.07) is 7.07. The first kappa shape index (κ1) is 10.5. The molecule has 0 spiro atoms. The molecule has 0 atom stereocenters. The molecule has 0 aliphatic heterocycles. The Morgan fingerprint density at radius 3 is 2.93 bits per heavy atom. The van der Waals surface area contributed by atoms with Crippen molar-refractivity contribution >= 4 is 23.5 Å². The highest BCUT2D eigenvalue weighted by Gasteiger charge is 1.95. The molecule has 0 bridgehead atoms. The van der Waals surface area contributed by atoms with Crippen molar-refractivity contribution in [3.8, 4) is 5.75 Å². The summed E-state index contributed by atoms with van der Waals surface area (Å²) >= 11 is 4.55. The van der Waals surface area contributed by atoms with Crippen molar-refractivity contribution in [1.29, 1.82) is 0 Å². The van der Waals surface area contributed by atoms with Gasteiger partial charge < -0.3 is 10.8 Å². The Balaban J connectivity index is 2.49. The predicted octanol–water partition coefficient (Wildman–Crippen LogP) is 0.754. The fraction of sp³-hybridized carbons (Fsp3) is 0.111. The zero-order valence-electron chi connectivity index (χ0n) is 7.47. The summed E-state index contributed by atoms with van der Waals surface area (Å²) in [4.78, 5) is 0. The molecule has 4 N–H and O–H groups in total. The van der Waals surface area contributed by atoms with Gasteiger partial charge in [0.05, 0.1) is 0 Å². The molecule has 0 aliphatic carbocycles. The van der Waals surface area contributed by atoms with Gasteiger partial charge in [0.2, 0.25) is 0 Å². The zero-order chi connectivity index (χ0) is 10.4. The summed E-state index contributed by atoms with van der Waals surface area (Å²) < 4.78 is 0. The zero-order valence-corrected chi connectivity index (χ0v) is 8.29. The molecule has 0 saturated carbocycles. The fourth-order valence-electron chi connectivity index (χ4n) is 0.937. The second kappa shape index (κ2) is 5.18. The number of para-hydroxylation sites is 1. The molecule has 1 rings (SSSR count). The maximum absolute atomic E-state index is 9.39. The van der Waals surface area contributed by atoms with E-state index >= 15 is 0 Å². The van der Waals surface area contributed by atoms with Crippen LogP contribution in [0.25, 0.3) is 0 Å². The summed E-state index contributed by atoms with van der Waals surface area (Å²) in [5.74, 6) is 0.259. The van der Waals surface area contributed by atoms with Crippen LogP contribution in [0.2, 0.25) is 0 Å². The summed E-state index contributed by atoms with van der Waals surface area (Å²) in [7, 11) is 0. The first-order valence-corrected chi connectivity index (χ1v) is 4.45. The van der Waals surface area contributed by atoms with Crippen molar-refractivity contribution in [1.82, 2.24) is 5.43 Å². The minimum absolute atomic E-state index is 0.124. The molecule has 0 amide bonds. The third kappa shape index (κ3) is 3.40. The Labute approximate surface area is 87.4 Å². The molecule has 0 aliphatic rings. The van der Waals surface area contributed by atoms with Gasteiger partial charge in [0, 0.05) is 12.6 Å². The lowest BCUT2D eigenvalue weighted by molar-refractivity contribution is 0.470. The molecular weight excluding hydrogens is 198 g/mol. The lowest BCUT2D eigenvalue weighted by atomic mass is 10.1. The maximum atomic E-state index is 9.39. The average molecular weight is 209 g/mol. The number of rotatable bonds is 3. The van der Waals surface area contributed by atoms with Crippen LogP contribution in [0, 0.1) is 0 Å². The molecule has 0 unspecified atom stereocenters. The normalized spacial score (nSPS) is 10.3. The minimum atomic E-state index is 0.124. The summed E-state index contributed by atoms with van der Waals surface area (Å²) in [5.41, 5.74) is 8.40. The number of phenols is 1. The smallest absolute Gasteiger partial charge is 0.184 e. The first-order valence-electron chi connectivity index (χ1n) is 4.04. The third-order valence-electron chi connectivity index (χ3n) is 1.57. The monoisotopic (exact) mass is 209 g/mol. The van der Waals surface area contributed by atoms with Crippen molar-refractivity contribution < 1.29 is 5.11 Å². The van der Waals surface area contributed by atoms with Gasteiger partial charge in [0.15, 0.2) is 5.11 Å². The van der Waals surface area contributed by atoms with Crippen LogP contribution in [0.4, 0.5) is 0 Å². The van der Waals surface area contributed by atoms with E-state index in [-0.39, 0.29) is 10.9 Å². The van der Waals surface area contributed by atoms with Crippen LogP contribution in [0.5, 0.6) is 5.75 Å². The van der Waals surface area contributed by atoms with Gasteiger partial charge in [-0.1, -0.05) is 18.2 Å². The van der Waals surface area contributed by atoms with Gasteiger partial charge in [-0.15, -0.1) is 0 Å². The van der Waals surface area contributed by atoms with Gasteiger partial charge in [-0.3, -0.25) is 5.43 Å². The molecule has 0 heterocycles. The highest BCUT2D eigenvalue weighted by molar-refractivity contribution is 7.80. The number of phenolic OH excluding ortho intramolecular Hbond substituents is 1. The molecule has 1 aromatic rings. The van der Waals surface area contributed by atoms with Gasteiger partial charge in [-0.05, 0) is 23.8 Å². The number of hydrogen-bond acceptors (Lipinski definition) is 3. The summed E-state index contributed by atoms with van der Waals surface area (Å²) in [6.45, 7) is 0. The number of nitrogens with two attached hydrogens (primary N) is 1. The number of hydrazone groups is 1. The van der Waals surface area contributed by atoms with E-state index in [1.807, 2.05) is 12.1 Å². The molecule has 0 radical (unpaired) electrons. The number of hydrogen-bond donors (Lipinski definition) is 3. The van der Waals surface area contributed by atoms with Crippen molar-refractivity contribution in [2.75, 3.05) is 0 Å². The van der Waals surface area contributed by atoms with Gasteiger partial charge in [0.25, 0.3) is 0 Å². The van der Waals surface area contributed by atoms with E-state index in [0.29, 0.717) is 6.42 Å². The molecule has 5 heteroatoms. The highest BCUT2D eigenvalue weighted by Crippen LogP contribution is 2.14. The number of nitrogens with one attached hydrogen (secondary N) is 1. The molecule has 4 nitrogen and oxygen atoms in total. The SMILES string of the molecule is NC(=S)NN=CCc1ccccc1O. The Morgan fingerprint density at radius 2 is 2.29 bits per heavy atom. The van der Waals surface area contributed by atoms with E-state index in [2.05, 4.69) is 22.7 Å². The molecule has 14 heavy (non-hydrogen) atoms. The van der Waals surface area contributed by atoms with Gasteiger partial charge in [-0.25, -0.2) is 0 Å². The van der Waals surface area contributed by atoms with Crippen LogP contribution in [-0.2, 0) is 6.42 Å². The Morgan fingerprint density at radius 1 is 1.57 bits per heavy atom. The molecule has 0 fully saturated rings. The first-order chi connectivity index (χ1) is 6.70. The number of thiocarbonyl (C=S) groups is 1. The minimum Gasteiger partial charge on any atom is -0.508 e. The Bertz CT molecular complexity index is 352. The summed E-state index contributed by atoms with van der Waals surface area (Å²) in [5, 5.41) is 13.3. The van der Waals surface area contributed by atoms with Crippen LogP contribution < -0.4 is 11.2 Å². The molecule has 74 valence electrons. The van der Waals surface area contributed by atoms with E-state index in [9.17, 15) is 5.11 Å². The van der Waals surface area contributed by atoms with Gasteiger partial charge in [0.1, 0.15) is 5.75 Å². The van der Waals surface area contributed by atoms with E-state index in [0.717, 1.165) is 5.56 Å². The number of nitrogens with zero attached hydrogens (tertiary/aromatic N) is 1. The summed E-state index contributed by atoms with van der Waals surface area (Å²) in [6.07, 6.45) is 2.12. The topological polar surface area (TPSA) is 70.6 Å². The van der Waals surface area contributed by atoms with E-state index < -0.39 is 0 Å². The second-order valence-electron chi connectivity index (χ2n) is 2.62. The molecule has 0 saturated heterocycles. The Kier molecular flexibility index (Phi) is 3.87. The van der Waals surface area contributed by atoms with Crippen LogP contribution in [0.15, 0.2) is 29.4 Å². The van der Waals surface area contributed by atoms with Crippen LogP contribution in [-0.4, -0.2) is 16.4 Å². The predicted molar refractivity (Wildman–Crippen MR) is 60.2 cm³/mol. The van der Waals surface area contributed by atoms with Crippen LogP contribution >= 0.6 is 12.2 Å². The maximum Gasteiger partial charge on any atom is 0.184 e. The third-order valence-corrected chi connectivity index (χ3v) is 1.66. The molecule has 0 aromatic heterocycles. The van der Waals surface area contributed by atoms with Crippen molar-refractivity contribution in [2.24, 2.45) is 10.8 Å². The standard InChI is InChI=1S/C9H11N3OS/c10-9(14)12-11-6-5-7-3-1-2-4-8(7)13/h1-4,6,13H,5H2,(H3,10,12,14). The molecular formula is C9H11N3OS. The number of benzene rings is 1. The van der Waals surface area contributed by atoms with Crippen LogP contribution in [0.1, 0.15) is 5.56 Å². The quantitative estimate of drug-likeness (QED) is 0.390. The fourth-order valence-corrected chi connectivity index (χ4v) is 0.989.